The van der Waals surface area contributed by atoms with Crippen molar-refractivity contribution in [2.45, 2.75) is 17.9 Å². The van der Waals surface area contributed by atoms with Gasteiger partial charge in [0.25, 0.3) is 5.91 Å². The Morgan fingerprint density at radius 1 is 1.38 bits per heavy atom. The number of nitrogens with two attached hydrogens (primary N) is 1. The molecular weight excluding hydrogens is 417 g/mol. The van der Waals surface area contributed by atoms with Gasteiger partial charge in [0.15, 0.2) is 0 Å². The molecule has 0 spiro atoms. The van der Waals surface area contributed by atoms with Gasteiger partial charge in [-0.2, -0.15) is 4.31 Å². The lowest BCUT2D eigenvalue weighted by Gasteiger charge is -2.32. The minimum absolute atomic E-state index is 0.0150. The van der Waals surface area contributed by atoms with Gasteiger partial charge in [0.05, 0.1) is 17.6 Å². The SMILES string of the molecule is Cc1ccc(S(=O)(=O)N2CCO[C@@H](c3c(C(N)=O)sc4ncccc34)C2)cc1F. The quantitative estimate of drug-likeness (QED) is 0.679. The number of benzene rings is 1. The van der Waals surface area contributed by atoms with Crippen molar-refractivity contribution in [1.29, 1.82) is 0 Å². The number of fused-ring (bicyclic) bond motifs is 1. The summed E-state index contributed by atoms with van der Waals surface area (Å²) in [6.07, 6.45) is 0.923. The van der Waals surface area contributed by atoms with Gasteiger partial charge in [-0.25, -0.2) is 17.8 Å². The first kappa shape index (κ1) is 19.9. The molecule has 1 aromatic carbocycles. The lowest BCUT2D eigenvalue weighted by molar-refractivity contribution is -0.00189. The average molecular weight is 436 g/mol. The predicted molar refractivity (Wildman–Crippen MR) is 107 cm³/mol. The van der Waals surface area contributed by atoms with E-state index in [0.717, 1.165) is 17.4 Å². The van der Waals surface area contributed by atoms with E-state index in [4.69, 9.17) is 10.5 Å². The number of pyridine rings is 1. The summed E-state index contributed by atoms with van der Waals surface area (Å²) < 4.78 is 47.1. The molecule has 1 fully saturated rings. The van der Waals surface area contributed by atoms with Gasteiger partial charge in [-0.05, 0) is 30.7 Å². The molecule has 10 heteroatoms. The van der Waals surface area contributed by atoms with Crippen LogP contribution in [-0.4, -0.2) is 43.3 Å². The number of hydrogen-bond acceptors (Lipinski definition) is 6. The first-order valence-electron chi connectivity index (χ1n) is 8.84. The third-order valence-electron chi connectivity index (χ3n) is 4.86. The molecule has 2 N–H and O–H groups in total. The van der Waals surface area contributed by atoms with E-state index in [1.165, 1.54) is 16.4 Å². The zero-order valence-electron chi connectivity index (χ0n) is 15.5. The highest BCUT2D eigenvalue weighted by Crippen LogP contribution is 2.38. The molecule has 29 heavy (non-hydrogen) atoms. The number of primary amides is 1. The van der Waals surface area contributed by atoms with E-state index in [1.807, 2.05) is 0 Å². The second-order valence-electron chi connectivity index (χ2n) is 6.70. The summed E-state index contributed by atoms with van der Waals surface area (Å²) in [4.78, 5) is 17.0. The van der Waals surface area contributed by atoms with E-state index < -0.39 is 27.9 Å². The van der Waals surface area contributed by atoms with Gasteiger partial charge in [0, 0.05) is 30.2 Å². The molecule has 0 bridgehead atoms. The van der Waals surface area contributed by atoms with E-state index in [1.54, 1.807) is 25.3 Å². The fourth-order valence-corrected chi connectivity index (χ4v) is 5.84. The Hall–Kier alpha value is -2.40. The number of nitrogens with zero attached hydrogens (tertiary/aromatic N) is 2. The van der Waals surface area contributed by atoms with Crippen molar-refractivity contribution in [3.05, 3.63) is 58.3 Å². The first-order chi connectivity index (χ1) is 13.8. The molecule has 1 amide bonds. The monoisotopic (exact) mass is 435 g/mol. The van der Waals surface area contributed by atoms with E-state index >= 15 is 0 Å². The van der Waals surface area contributed by atoms with Crippen LogP contribution in [0.3, 0.4) is 0 Å². The Morgan fingerprint density at radius 3 is 2.90 bits per heavy atom. The third-order valence-corrected chi connectivity index (χ3v) is 7.87. The Kier molecular flexibility index (Phi) is 5.11. The number of halogens is 1. The van der Waals surface area contributed by atoms with Gasteiger partial charge in [0.1, 0.15) is 15.5 Å². The van der Waals surface area contributed by atoms with Crippen LogP contribution in [0.5, 0.6) is 0 Å². The second kappa shape index (κ2) is 7.45. The number of hydrogen-bond donors (Lipinski definition) is 1. The van der Waals surface area contributed by atoms with E-state index in [2.05, 4.69) is 4.98 Å². The van der Waals surface area contributed by atoms with Gasteiger partial charge < -0.3 is 10.5 Å². The van der Waals surface area contributed by atoms with Gasteiger partial charge in [-0.15, -0.1) is 11.3 Å². The van der Waals surface area contributed by atoms with Crippen LogP contribution in [0.1, 0.15) is 26.9 Å². The standard InChI is InChI=1S/C19H18FN3O4S2/c1-11-4-5-12(9-14(11)20)29(25,26)23-7-8-27-15(10-23)16-13-3-2-6-22-19(13)28-17(16)18(21)24/h2-6,9,15H,7-8,10H2,1H3,(H2,21,24)/t15-/m1/s1. The van der Waals surface area contributed by atoms with Crippen LogP contribution in [-0.2, 0) is 14.8 Å². The smallest absolute Gasteiger partial charge is 0.259 e. The molecule has 3 aromatic rings. The number of amides is 1. The maximum absolute atomic E-state index is 13.9. The molecule has 1 aliphatic heterocycles. The normalized spacial score (nSPS) is 18.2. The minimum Gasteiger partial charge on any atom is -0.371 e. The van der Waals surface area contributed by atoms with E-state index in [0.29, 0.717) is 26.2 Å². The molecule has 4 rings (SSSR count). The van der Waals surface area contributed by atoms with Crippen LogP contribution in [0.4, 0.5) is 4.39 Å². The molecule has 0 aliphatic carbocycles. The summed E-state index contributed by atoms with van der Waals surface area (Å²) >= 11 is 1.15. The number of rotatable bonds is 4. The van der Waals surface area contributed by atoms with Crippen LogP contribution < -0.4 is 5.73 Å². The number of ether oxygens (including phenoxy) is 1. The van der Waals surface area contributed by atoms with Crippen LogP contribution in [0, 0.1) is 12.7 Å². The number of thiophene rings is 1. The lowest BCUT2D eigenvalue weighted by atomic mass is 10.0. The highest BCUT2D eigenvalue weighted by atomic mass is 32.2. The van der Waals surface area contributed by atoms with Crippen LogP contribution in [0.15, 0.2) is 41.4 Å². The number of aryl methyl sites for hydroxylation is 1. The summed E-state index contributed by atoms with van der Waals surface area (Å²) in [5.41, 5.74) is 6.45. The van der Waals surface area contributed by atoms with Gasteiger partial charge in [-0.3, -0.25) is 4.79 Å². The van der Waals surface area contributed by atoms with Crippen molar-refractivity contribution in [2.75, 3.05) is 19.7 Å². The molecule has 0 unspecified atom stereocenters. The summed E-state index contributed by atoms with van der Waals surface area (Å²) in [6.45, 7) is 1.81. The summed E-state index contributed by atoms with van der Waals surface area (Å²) in [6, 6.07) is 7.37. The predicted octanol–water partition coefficient (Wildman–Crippen LogP) is 2.60. The fourth-order valence-electron chi connectivity index (χ4n) is 3.36. The summed E-state index contributed by atoms with van der Waals surface area (Å²) in [7, 11) is -3.93. The zero-order chi connectivity index (χ0) is 20.8. The Morgan fingerprint density at radius 2 is 2.17 bits per heavy atom. The van der Waals surface area contributed by atoms with Crippen molar-refractivity contribution < 1.29 is 22.3 Å². The topological polar surface area (TPSA) is 103 Å². The number of carbonyl (C=O) groups is 1. The fraction of sp³-hybridized carbons (Fsp3) is 0.263. The van der Waals surface area contributed by atoms with Crippen LogP contribution >= 0.6 is 11.3 Å². The molecule has 1 atom stereocenters. The molecule has 7 nitrogen and oxygen atoms in total. The maximum atomic E-state index is 13.9. The average Bonchev–Trinajstić information content (AvgIpc) is 3.10. The number of morpholine rings is 1. The Bertz CT molecular complexity index is 1210. The number of aromatic nitrogens is 1. The van der Waals surface area contributed by atoms with Gasteiger partial charge >= 0.3 is 0 Å². The van der Waals surface area contributed by atoms with Crippen LogP contribution in [0.2, 0.25) is 0 Å². The lowest BCUT2D eigenvalue weighted by Crippen LogP contribution is -2.42. The van der Waals surface area contributed by atoms with Crippen molar-refractivity contribution in [3.8, 4) is 0 Å². The molecule has 0 radical (unpaired) electrons. The second-order valence-corrected chi connectivity index (χ2v) is 9.64. The molecule has 0 saturated carbocycles. The molecule has 152 valence electrons. The molecule has 1 aliphatic rings. The van der Waals surface area contributed by atoms with E-state index in [9.17, 15) is 17.6 Å². The Labute approximate surface area is 171 Å². The third kappa shape index (κ3) is 3.52. The van der Waals surface area contributed by atoms with Crippen molar-refractivity contribution in [2.24, 2.45) is 5.73 Å². The number of carbonyl (C=O) groups excluding carboxylic acids is 1. The summed E-state index contributed by atoms with van der Waals surface area (Å²) in [5.74, 6) is -1.20. The summed E-state index contributed by atoms with van der Waals surface area (Å²) in [5, 5.41) is 0.705. The first-order valence-corrected chi connectivity index (χ1v) is 11.1. The molecule has 3 heterocycles. The van der Waals surface area contributed by atoms with Crippen molar-refractivity contribution >= 4 is 37.5 Å². The zero-order valence-corrected chi connectivity index (χ0v) is 17.1. The van der Waals surface area contributed by atoms with Gasteiger partial charge in [-0.1, -0.05) is 12.1 Å². The number of sulfonamides is 1. The molecule has 1 saturated heterocycles. The van der Waals surface area contributed by atoms with Crippen LogP contribution in [0.25, 0.3) is 10.2 Å². The Balaban J connectivity index is 1.72. The van der Waals surface area contributed by atoms with E-state index in [-0.39, 0.29) is 24.6 Å². The molecular formula is C19H18FN3O4S2. The van der Waals surface area contributed by atoms with Gasteiger partial charge in [0.2, 0.25) is 10.0 Å². The highest BCUT2D eigenvalue weighted by Gasteiger charge is 2.35. The maximum Gasteiger partial charge on any atom is 0.259 e. The minimum atomic E-state index is -3.93. The largest absolute Gasteiger partial charge is 0.371 e. The molecule has 2 aromatic heterocycles. The van der Waals surface area contributed by atoms with Crippen molar-refractivity contribution in [1.82, 2.24) is 9.29 Å². The highest BCUT2D eigenvalue weighted by molar-refractivity contribution is 7.89. The van der Waals surface area contributed by atoms with Crippen molar-refractivity contribution in [3.63, 3.8) is 0 Å².